The number of halogens is 4. The Kier molecular flexibility index (Phi) is 9.66. The number of likely N-dealkylation sites (tertiary alicyclic amines) is 1. The van der Waals surface area contributed by atoms with Crippen LogP contribution < -0.4 is 5.32 Å². The van der Waals surface area contributed by atoms with Gasteiger partial charge in [0.25, 0.3) is 0 Å². The lowest BCUT2D eigenvalue weighted by molar-refractivity contribution is -0.127. The molecule has 0 aromatic carbocycles. The van der Waals surface area contributed by atoms with E-state index < -0.39 is 28.3 Å². The Morgan fingerprint density at radius 3 is 2.52 bits per heavy atom. The van der Waals surface area contributed by atoms with Gasteiger partial charge >= 0.3 is 0 Å². The minimum absolute atomic E-state index is 0.0270. The molecular formula is C18H30Cl4N2O2S. The Balaban J connectivity index is 2.09. The smallest absolute Gasteiger partial charge is 0.237 e. The number of alkyl halides is 4. The first-order valence-electron chi connectivity index (χ1n) is 9.46. The van der Waals surface area contributed by atoms with E-state index in [1.54, 1.807) is 0 Å². The Morgan fingerprint density at radius 1 is 1.30 bits per heavy atom. The molecule has 2 saturated heterocycles. The van der Waals surface area contributed by atoms with Gasteiger partial charge in [0.1, 0.15) is 5.44 Å². The van der Waals surface area contributed by atoms with E-state index in [1.807, 2.05) is 20.2 Å². The van der Waals surface area contributed by atoms with Gasteiger partial charge in [-0.25, -0.2) is 0 Å². The van der Waals surface area contributed by atoms with Crippen molar-refractivity contribution in [2.75, 3.05) is 19.8 Å². The number of carbonyl (C=O) groups is 1. The SMILES string of the molecule is CCC[C@@H]1C[C@@H](C(=O)N[C@@H]([C@H]2O[C@H](SC)[C@H](Cl)[C@H](Cl)[C@@H]2Cl)[C@H](C)Cl)N(C)C1. The van der Waals surface area contributed by atoms with Crippen LogP contribution in [0.5, 0.6) is 0 Å². The third kappa shape index (κ3) is 5.74. The number of likely N-dealkylation sites (N-methyl/N-ethyl adjacent to an activating group) is 1. The summed E-state index contributed by atoms with van der Waals surface area (Å²) in [5, 5.41) is 1.32. The molecule has 9 atom stereocenters. The van der Waals surface area contributed by atoms with E-state index in [-0.39, 0.29) is 22.8 Å². The van der Waals surface area contributed by atoms with Gasteiger partial charge in [0.15, 0.2) is 0 Å². The quantitative estimate of drug-likeness (QED) is 0.557. The van der Waals surface area contributed by atoms with Crippen LogP contribution in [-0.4, -0.2) is 75.8 Å². The van der Waals surface area contributed by atoms with E-state index in [1.165, 1.54) is 11.8 Å². The minimum Gasteiger partial charge on any atom is -0.359 e. The molecule has 2 fully saturated rings. The number of rotatable bonds is 7. The van der Waals surface area contributed by atoms with Gasteiger partial charge in [-0.2, -0.15) is 0 Å². The molecule has 0 aliphatic carbocycles. The second kappa shape index (κ2) is 10.8. The fourth-order valence-electron chi connectivity index (χ4n) is 4.03. The number of carbonyl (C=O) groups excluding carboxylic acids is 1. The number of amides is 1. The van der Waals surface area contributed by atoms with Crippen LogP contribution in [0.3, 0.4) is 0 Å². The largest absolute Gasteiger partial charge is 0.359 e. The molecule has 0 radical (unpaired) electrons. The summed E-state index contributed by atoms with van der Waals surface area (Å²) in [4.78, 5) is 15.1. The minimum atomic E-state index is -0.543. The molecule has 27 heavy (non-hydrogen) atoms. The molecule has 1 amide bonds. The van der Waals surface area contributed by atoms with Crippen molar-refractivity contribution >= 4 is 64.1 Å². The Hall–Kier alpha value is 0.900. The van der Waals surface area contributed by atoms with Crippen LogP contribution in [0.1, 0.15) is 33.1 Å². The van der Waals surface area contributed by atoms with Crippen LogP contribution in [0.4, 0.5) is 0 Å². The lowest BCUT2D eigenvalue weighted by Crippen LogP contribution is -2.61. The van der Waals surface area contributed by atoms with Crippen LogP contribution in [0.2, 0.25) is 0 Å². The molecule has 158 valence electrons. The summed E-state index contributed by atoms with van der Waals surface area (Å²) in [6.07, 6.45) is 4.54. The van der Waals surface area contributed by atoms with Crippen LogP contribution in [0.15, 0.2) is 0 Å². The van der Waals surface area contributed by atoms with Gasteiger partial charge in [-0.3, -0.25) is 9.69 Å². The summed E-state index contributed by atoms with van der Waals surface area (Å²) >= 11 is 27.3. The molecule has 9 heteroatoms. The predicted molar refractivity (Wildman–Crippen MR) is 118 cm³/mol. The molecule has 0 aromatic heterocycles. The van der Waals surface area contributed by atoms with Crippen LogP contribution >= 0.6 is 58.2 Å². The number of thioether (sulfide) groups is 1. The maximum absolute atomic E-state index is 13.0. The fourth-order valence-corrected chi connectivity index (χ4v) is 6.24. The normalized spacial score (nSPS) is 39.9. The topological polar surface area (TPSA) is 41.6 Å². The molecule has 1 N–H and O–H groups in total. The predicted octanol–water partition coefficient (Wildman–Crippen LogP) is 4.13. The molecular weight excluding hydrogens is 450 g/mol. The maximum Gasteiger partial charge on any atom is 0.237 e. The summed E-state index contributed by atoms with van der Waals surface area (Å²) in [5.74, 6) is 0.528. The fraction of sp³-hybridized carbons (Fsp3) is 0.944. The standard InChI is InChI=1S/C18H30Cl4N2O2S/c1-5-6-10-7-11(24(3)8-10)17(25)23-15(9(2)19)16-13(21)12(20)14(22)18(26-16)27-4/h9-16,18H,5-8H2,1-4H3,(H,23,25)/t9-,10+,11-,12+,13-,14+,15+,16-,18+/m0/s1. The number of hydrogen-bond donors (Lipinski definition) is 1. The highest BCUT2D eigenvalue weighted by Crippen LogP contribution is 2.38. The van der Waals surface area contributed by atoms with Gasteiger partial charge in [-0.05, 0) is 39.0 Å². The monoisotopic (exact) mass is 478 g/mol. The second-order valence-electron chi connectivity index (χ2n) is 7.60. The second-order valence-corrected chi connectivity index (χ2v) is 10.7. The van der Waals surface area contributed by atoms with Crippen molar-refractivity contribution in [1.29, 1.82) is 0 Å². The third-order valence-corrected chi connectivity index (χ3v) is 8.61. The van der Waals surface area contributed by atoms with Gasteiger partial charge in [0.05, 0.1) is 39.7 Å². The maximum atomic E-state index is 13.0. The molecule has 0 aromatic rings. The van der Waals surface area contributed by atoms with Crippen molar-refractivity contribution in [1.82, 2.24) is 10.2 Å². The molecule has 0 spiro atoms. The zero-order valence-electron chi connectivity index (χ0n) is 16.2. The zero-order chi connectivity index (χ0) is 20.3. The van der Waals surface area contributed by atoms with Gasteiger partial charge in [0.2, 0.25) is 5.91 Å². The van der Waals surface area contributed by atoms with Crippen molar-refractivity contribution in [2.45, 2.75) is 78.2 Å². The van der Waals surface area contributed by atoms with Crippen LogP contribution in [0.25, 0.3) is 0 Å². The van der Waals surface area contributed by atoms with Gasteiger partial charge < -0.3 is 10.1 Å². The zero-order valence-corrected chi connectivity index (χ0v) is 20.0. The van der Waals surface area contributed by atoms with E-state index in [0.29, 0.717) is 5.92 Å². The van der Waals surface area contributed by atoms with E-state index in [2.05, 4.69) is 17.1 Å². The number of nitrogens with one attached hydrogen (secondary N) is 1. The molecule has 2 rings (SSSR count). The lowest BCUT2D eigenvalue weighted by atomic mass is 9.97. The highest BCUT2D eigenvalue weighted by molar-refractivity contribution is 7.99. The summed E-state index contributed by atoms with van der Waals surface area (Å²) in [5.41, 5.74) is -0.299. The molecule has 2 heterocycles. The Labute approximate surface area is 187 Å². The van der Waals surface area contributed by atoms with Crippen molar-refractivity contribution in [3.8, 4) is 0 Å². The molecule has 2 aliphatic heterocycles. The summed E-state index contributed by atoms with van der Waals surface area (Å²) in [6.45, 7) is 4.95. The molecule has 0 unspecified atom stereocenters. The number of ether oxygens (including phenoxy) is 1. The van der Waals surface area contributed by atoms with E-state index in [4.69, 9.17) is 51.1 Å². The highest BCUT2D eigenvalue weighted by atomic mass is 35.5. The van der Waals surface area contributed by atoms with Crippen molar-refractivity contribution in [3.63, 3.8) is 0 Å². The number of nitrogens with zero attached hydrogens (tertiary/aromatic N) is 1. The Morgan fingerprint density at radius 2 is 1.96 bits per heavy atom. The summed E-state index contributed by atoms with van der Waals surface area (Å²) in [6, 6.07) is -0.596. The van der Waals surface area contributed by atoms with Crippen LogP contribution in [-0.2, 0) is 9.53 Å². The molecule has 2 aliphatic rings. The molecule has 0 bridgehead atoms. The first kappa shape index (κ1) is 24.2. The van der Waals surface area contributed by atoms with Gasteiger partial charge in [0, 0.05) is 6.54 Å². The van der Waals surface area contributed by atoms with Gasteiger partial charge in [-0.1, -0.05) is 13.3 Å². The Bertz CT molecular complexity index is 500. The third-order valence-electron chi connectivity index (χ3n) is 5.50. The summed E-state index contributed by atoms with van der Waals surface area (Å²) in [7, 11) is 2.00. The molecule has 4 nitrogen and oxygen atoms in total. The first-order chi connectivity index (χ1) is 12.7. The summed E-state index contributed by atoms with van der Waals surface area (Å²) < 4.78 is 6.11. The van der Waals surface area contributed by atoms with E-state index in [9.17, 15) is 4.79 Å². The van der Waals surface area contributed by atoms with Gasteiger partial charge in [-0.15, -0.1) is 58.2 Å². The van der Waals surface area contributed by atoms with Crippen molar-refractivity contribution in [3.05, 3.63) is 0 Å². The molecule has 0 saturated carbocycles. The van der Waals surface area contributed by atoms with Crippen LogP contribution in [0, 0.1) is 5.92 Å². The average Bonchev–Trinajstić information content (AvgIpc) is 2.99. The van der Waals surface area contributed by atoms with E-state index >= 15 is 0 Å². The van der Waals surface area contributed by atoms with Crippen molar-refractivity contribution in [2.24, 2.45) is 5.92 Å². The average molecular weight is 480 g/mol. The lowest BCUT2D eigenvalue weighted by Gasteiger charge is -2.43. The van der Waals surface area contributed by atoms with Crippen molar-refractivity contribution < 1.29 is 9.53 Å². The highest BCUT2D eigenvalue weighted by Gasteiger charge is 2.48. The number of hydrogen-bond acceptors (Lipinski definition) is 4. The first-order valence-corrected chi connectivity index (χ1v) is 12.5. The van der Waals surface area contributed by atoms with E-state index in [0.717, 1.165) is 25.8 Å².